The van der Waals surface area contributed by atoms with Gasteiger partial charge in [-0.2, -0.15) is 0 Å². The molecule has 1 unspecified atom stereocenters. The zero-order valence-electron chi connectivity index (χ0n) is 9.22. The first-order chi connectivity index (χ1) is 7.75. The monoisotopic (exact) mass is 233 g/mol. The summed E-state index contributed by atoms with van der Waals surface area (Å²) < 4.78 is 5.01. The van der Waals surface area contributed by atoms with Gasteiger partial charge in [0.05, 0.1) is 12.5 Å². The number of nitrogens with two attached hydrogens (primary N) is 1. The second-order valence-electron chi connectivity index (χ2n) is 3.79. The van der Waals surface area contributed by atoms with E-state index in [1.807, 2.05) is 6.07 Å². The quantitative estimate of drug-likeness (QED) is 0.823. The van der Waals surface area contributed by atoms with Crippen molar-refractivity contribution in [2.45, 2.75) is 17.9 Å². The van der Waals surface area contributed by atoms with Crippen molar-refractivity contribution in [2.24, 2.45) is 5.73 Å². The number of hydrogen-bond donors (Lipinski definition) is 1. The molecule has 0 saturated heterocycles. The largest absolute Gasteiger partial charge is 0.472 e. The standard InChI is InChI=1S/C13H15NOS/c1-10-2-4-12(5-3-10)16-9-13(14)11-6-7-15-8-11/h2-8,13H,9,14H2,1H3. The molecule has 0 aliphatic heterocycles. The average molecular weight is 233 g/mol. The van der Waals surface area contributed by atoms with Gasteiger partial charge in [0.1, 0.15) is 0 Å². The van der Waals surface area contributed by atoms with Crippen LogP contribution >= 0.6 is 11.8 Å². The van der Waals surface area contributed by atoms with Crippen LogP contribution in [0.15, 0.2) is 52.2 Å². The van der Waals surface area contributed by atoms with Crippen LogP contribution in [0, 0.1) is 6.92 Å². The normalized spacial score (nSPS) is 12.6. The van der Waals surface area contributed by atoms with Gasteiger partial charge >= 0.3 is 0 Å². The third kappa shape index (κ3) is 2.90. The van der Waals surface area contributed by atoms with E-state index < -0.39 is 0 Å². The summed E-state index contributed by atoms with van der Waals surface area (Å²) in [4.78, 5) is 1.25. The van der Waals surface area contributed by atoms with E-state index in [0.29, 0.717) is 0 Å². The Morgan fingerprint density at radius 2 is 2.00 bits per heavy atom. The van der Waals surface area contributed by atoms with Crippen LogP contribution in [0.2, 0.25) is 0 Å². The van der Waals surface area contributed by atoms with E-state index in [4.69, 9.17) is 10.2 Å². The maximum absolute atomic E-state index is 6.04. The second-order valence-corrected chi connectivity index (χ2v) is 4.88. The predicted octanol–water partition coefficient (Wildman–Crippen LogP) is 3.38. The Balaban J connectivity index is 1.90. The van der Waals surface area contributed by atoms with Crippen molar-refractivity contribution in [1.82, 2.24) is 0 Å². The number of furan rings is 1. The minimum absolute atomic E-state index is 0.0325. The smallest absolute Gasteiger partial charge is 0.0950 e. The van der Waals surface area contributed by atoms with E-state index in [0.717, 1.165) is 11.3 Å². The lowest BCUT2D eigenvalue weighted by Crippen LogP contribution is -2.11. The summed E-state index contributed by atoms with van der Waals surface area (Å²) in [6.45, 7) is 2.09. The summed E-state index contributed by atoms with van der Waals surface area (Å²) in [5, 5.41) is 0. The topological polar surface area (TPSA) is 39.2 Å². The van der Waals surface area contributed by atoms with E-state index in [1.165, 1.54) is 10.5 Å². The summed E-state index contributed by atoms with van der Waals surface area (Å²) in [6, 6.07) is 10.4. The molecule has 2 N–H and O–H groups in total. The number of rotatable bonds is 4. The molecule has 0 spiro atoms. The van der Waals surface area contributed by atoms with Gasteiger partial charge < -0.3 is 10.2 Å². The SMILES string of the molecule is Cc1ccc(SCC(N)c2ccoc2)cc1. The van der Waals surface area contributed by atoms with Gasteiger partial charge in [0.2, 0.25) is 0 Å². The summed E-state index contributed by atoms with van der Waals surface area (Å²) in [5.74, 6) is 0.864. The van der Waals surface area contributed by atoms with Crippen LogP contribution in [0.25, 0.3) is 0 Å². The van der Waals surface area contributed by atoms with E-state index in [9.17, 15) is 0 Å². The molecule has 1 aromatic heterocycles. The number of aryl methyl sites for hydroxylation is 1. The highest BCUT2D eigenvalue weighted by Crippen LogP contribution is 2.23. The Hall–Kier alpha value is -1.19. The number of benzene rings is 1. The molecule has 2 nitrogen and oxygen atoms in total. The van der Waals surface area contributed by atoms with Crippen LogP contribution in [0.5, 0.6) is 0 Å². The van der Waals surface area contributed by atoms with Crippen molar-refractivity contribution in [1.29, 1.82) is 0 Å². The lowest BCUT2D eigenvalue weighted by Gasteiger charge is -2.08. The van der Waals surface area contributed by atoms with Crippen LogP contribution in [0.1, 0.15) is 17.2 Å². The van der Waals surface area contributed by atoms with E-state index in [-0.39, 0.29) is 6.04 Å². The zero-order chi connectivity index (χ0) is 11.4. The molecule has 3 heteroatoms. The fourth-order valence-corrected chi connectivity index (χ4v) is 2.30. The van der Waals surface area contributed by atoms with Gasteiger partial charge in [-0.15, -0.1) is 11.8 Å². The number of thioether (sulfide) groups is 1. The zero-order valence-corrected chi connectivity index (χ0v) is 10.0. The van der Waals surface area contributed by atoms with Gasteiger partial charge in [0.15, 0.2) is 0 Å². The minimum Gasteiger partial charge on any atom is -0.472 e. The molecule has 0 fully saturated rings. The minimum atomic E-state index is 0.0325. The van der Waals surface area contributed by atoms with Crippen LogP contribution < -0.4 is 5.73 Å². The third-order valence-electron chi connectivity index (χ3n) is 2.42. The van der Waals surface area contributed by atoms with Gasteiger partial charge in [-0.25, -0.2) is 0 Å². The maximum atomic E-state index is 6.04. The Morgan fingerprint density at radius 3 is 2.62 bits per heavy atom. The van der Waals surface area contributed by atoms with Crippen molar-refractivity contribution >= 4 is 11.8 Å². The summed E-state index contributed by atoms with van der Waals surface area (Å²) >= 11 is 1.77. The second kappa shape index (κ2) is 5.23. The fourth-order valence-electron chi connectivity index (χ4n) is 1.40. The lowest BCUT2D eigenvalue weighted by atomic mass is 10.2. The number of hydrogen-bond acceptors (Lipinski definition) is 3. The Labute approximate surface area is 99.8 Å². The first kappa shape index (κ1) is 11.3. The molecular formula is C13H15NOS. The van der Waals surface area contributed by atoms with Gasteiger partial charge in [-0.3, -0.25) is 0 Å². The Kier molecular flexibility index (Phi) is 3.70. The Morgan fingerprint density at radius 1 is 1.25 bits per heavy atom. The molecule has 0 saturated carbocycles. The highest BCUT2D eigenvalue weighted by molar-refractivity contribution is 7.99. The van der Waals surface area contributed by atoms with Crippen LogP contribution in [0.3, 0.4) is 0 Å². The molecular weight excluding hydrogens is 218 g/mol. The van der Waals surface area contributed by atoms with Crippen molar-refractivity contribution in [2.75, 3.05) is 5.75 Å². The molecule has 0 amide bonds. The van der Waals surface area contributed by atoms with Gasteiger partial charge in [-0.1, -0.05) is 17.7 Å². The molecule has 0 bridgehead atoms. The third-order valence-corrected chi connectivity index (χ3v) is 3.55. The lowest BCUT2D eigenvalue weighted by molar-refractivity contribution is 0.561. The molecule has 1 atom stereocenters. The van der Waals surface area contributed by atoms with Gasteiger partial charge in [0.25, 0.3) is 0 Å². The molecule has 0 aliphatic carbocycles. The maximum Gasteiger partial charge on any atom is 0.0950 e. The highest BCUT2D eigenvalue weighted by atomic mass is 32.2. The van der Waals surface area contributed by atoms with Crippen molar-refractivity contribution in [3.8, 4) is 0 Å². The summed E-state index contributed by atoms with van der Waals surface area (Å²) in [7, 11) is 0. The molecule has 16 heavy (non-hydrogen) atoms. The van der Waals surface area contributed by atoms with Crippen LogP contribution in [0.4, 0.5) is 0 Å². The van der Waals surface area contributed by atoms with Crippen LogP contribution in [-0.2, 0) is 0 Å². The Bertz CT molecular complexity index is 422. The van der Waals surface area contributed by atoms with Crippen molar-refractivity contribution in [3.05, 3.63) is 54.0 Å². The molecule has 84 valence electrons. The molecule has 0 radical (unpaired) electrons. The molecule has 0 aliphatic rings. The van der Waals surface area contributed by atoms with E-state index >= 15 is 0 Å². The van der Waals surface area contributed by atoms with Gasteiger partial charge in [0, 0.05) is 22.3 Å². The van der Waals surface area contributed by atoms with Crippen LogP contribution in [-0.4, -0.2) is 5.75 Å². The molecule has 2 aromatic rings. The highest BCUT2D eigenvalue weighted by Gasteiger charge is 2.07. The molecule has 2 rings (SSSR count). The van der Waals surface area contributed by atoms with E-state index in [2.05, 4.69) is 31.2 Å². The summed E-state index contributed by atoms with van der Waals surface area (Å²) in [5.41, 5.74) is 8.37. The van der Waals surface area contributed by atoms with Crippen molar-refractivity contribution < 1.29 is 4.42 Å². The van der Waals surface area contributed by atoms with Gasteiger partial charge in [-0.05, 0) is 25.1 Å². The predicted molar refractivity (Wildman–Crippen MR) is 67.5 cm³/mol. The average Bonchev–Trinajstić information content (AvgIpc) is 2.81. The summed E-state index contributed by atoms with van der Waals surface area (Å²) in [6.07, 6.45) is 3.37. The fraction of sp³-hybridized carbons (Fsp3) is 0.231. The van der Waals surface area contributed by atoms with Crippen molar-refractivity contribution in [3.63, 3.8) is 0 Å². The van der Waals surface area contributed by atoms with E-state index in [1.54, 1.807) is 24.3 Å². The molecule has 1 heterocycles. The first-order valence-electron chi connectivity index (χ1n) is 5.23. The molecule has 1 aromatic carbocycles. The first-order valence-corrected chi connectivity index (χ1v) is 6.21.